The van der Waals surface area contributed by atoms with Crippen LogP contribution in [0.5, 0.6) is 0 Å². The molecule has 0 spiro atoms. The third-order valence-electron chi connectivity index (χ3n) is 2.46. The number of carbonyl (C=O) groups is 1. The zero-order valence-corrected chi connectivity index (χ0v) is 7.45. The van der Waals surface area contributed by atoms with E-state index in [9.17, 15) is 4.79 Å². The molecule has 0 amide bonds. The van der Waals surface area contributed by atoms with Gasteiger partial charge in [-0.3, -0.25) is 9.78 Å². The molecule has 13 heavy (non-hydrogen) atoms. The van der Waals surface area contributed by atoms with Gasteiger partial charge in [-0.2, -0.15) is 0 Å². The zero-order chi connectivity index (χ0) is 9.42. The van der Waals surface area contributed by atoms with Crippen molar-refractivity contribution in [2.24, 2.45) is 5.92 Å². The van der Waals surface area contributed by atoms with E-state index in [2.05, 4.69) is 4.98 Å². The van der Waals surface area contributed by atoms with Gasteiger partial charge in [-0.1, -0.05) is 6.07 Å². The highest BCUT2D eigenvalue weighted by Gasteiger charge is 2.27. The minimum absolute atomic E-state index is 0.260. The number of hydrogen-bond acceptors (Lipinski definition) is 2. The van der Waals surface area contributed by atoms with Gasteiger partial charge in [-0.25, -0.2) is 0 Å². The van der Waals surface area contributed by atoms with Crippen molar-refractivity contribution in [3.05, 3.63) is 29.1 Å². The fourth-order valence-electron chi connectivity index (χ4n) is 1.75. The number of aryl methyl sites for hydroxylation is 1. The highest BCUT2D eigenvalue weighted by atomic mass is 16.4. The predicted octanol–water partition coefficient (Wildman–Crippen LogP) is 1.19. The van der Waals surface area contributed by atoms with Crippen LogP contribution in [-0.2, 0) is 17.6 Å². The molecule has 0 bridgehead atoms. The maximum atomic E-state index is 10.7. The van der Waals surface area contributed by atoms with Crippen LogP contribution in [0.1, 0.15) is 17.0 Å². The number of rotatable bonds is 1. The molecule has 1 atom stereocenters. The summed E-state index contributed by atoms with van der Waals surface area (Å²) < 4.78 is 0. The van der Waals surface area contributed by atoms with E-state index in [0.29, 0.717) is 12.8 Å². The van der Waals surface area contributed by atoms with Crippen LogP contribution in [0.4, 0.5) is 0 Å². The third kappa shape index (κ3) is 1.41. The summed E-state index contributed by atoms with van der Waals surface area (Å²) >= 11 is 0. The van der Waals surface area contributed by atoms with Crippen molar-refractivity contribution in [2.45, 2.75) is 19.8 Å². The molecule has 0 aliphatic heterocycles. The molecule has 0 saturated heterocycles. The molecule has 1 aromatic rings. The normalized spacial score (nSPS) is 19.9. The zero-order valence-electron chi connectivity index (χ0n) is 7.45. The Morgan fingerprint density at radius 3 is 3.00 bits per heavy atom. The molecule has 1 N–H and O–H groups in total. The number of nitrogens with zero attached hydrogens (tertiary/aromatic N) is 1. The summed E-state index contributed by atoms with van der Waals surface area (Å²) in [7, 11) is 0. The van der Waals surface area contributed by atoms with Crippen LogP contribution in [-0.4, -0.2) is 16.1 Å². The van der Waals surface area contributed by atoms with E-state index in [-0.39, 0.29) is 5.92 Å². The molecule has 1 aliphatic carbocycles. The van der Waals surface area contributed by atoms with Gasteiger partial charge in [0.2, 0.25) is 0 Å². The van der Waals surface area contributed by atoms with Crippen LogP contribution in [0.3, 0.4) is 0 Å². The quantitative estimate of drug-likeness (QED) is 0.701. The second-order valence-corrected chi connectivity index (χ2v) is 3.50. The Balaban J connectivity index is 2.30. The molecule has 2 rings (SSSR count). The molecule has 68 valence electrons. The summed E-state index contributed by atoms with van der Waals surface area (Å²) in [5.41, 5.74) is 3.02. The van der Waals surface area contributed by atoms with Gasteiger partial charge in [0.15, 0.2) is 0 Å². The first-order chi connectivity index (χ1) is 6.16. The minimum atomic E-state index is -0.712. The smallest absolute Gasteiger partial charge is 0.307 e. The molecule has 0 fully saturated rings. The summed E-state index contributed by atoms with van der Waals surface area (Å²) in [5, 5.41) is 8.83. The van der Waals surface area contributed by atoms with E-state index in [4.69, 9.17) is 5.11 Å². The van der Waals surface area contributed by atoms with Gasteiger partial charge in [0.25, 0.3) is 0 Å². The van der Waals surface area contributed by atoms with E-state index < -0.39 is 5.97 Å². The molecular formula is C10H11NO2. The van der Waals surface area contributed by atoms with Gasteiger partial charge in [0, 0.05) is 17.8 Å². The molecule has 0 aromatic carbocycles. The number of carboxylic acid groups (broad SMARTS) is 1. The van der Waals surface area contributed by atoms with Crippen molar-refractivity contribution in [1.82, 2.24) is 4.98 Å². The second-order valence-electron chi connectivity index (χ2n) is 3.50. The van der Waals surface area contributed by atoms with Gasteiger partial charge in [0.1, 0.15) is 0 Å². The van der Waals surface area contributed by atoms with Crippen LogP contribution in [0, 0.1) is 12.8 Å². The lowest BCUT2D eigenvalue weighted by atomic mass is 10.1. The molecule has 1 heterocycles. The predicted molar refractivity (Wildman–Crippen MR) is 47.5 cm³/mol. The van der Waals surface area contributed by atoms with Crippen molar-refractivity contribution in [3.8, 4) is 0 Å². The average Bonchev–Trinajstić information content (AvgIpc) is 2.46. The Morgan fingerprint density at radius 2 is 2.31 bits per heavy atom. The number of hydrogen-bond donors (Lipinski definition) is 1. The molecule has 3 nitrogen and oxygen atoms in total. The number of aliphatic carboxylic acids is 1. The Morgan fingerprint density at radius 1 is 1.54 bits per heavy atom. The first kappa shape index (κ1) is 8.23. The first-order valence-corrected chi connectivity index (χ1v) is 4.35. The number of aromatic nitrogens is 1. The van der Waals surface area contributed by atoms with Gasteiger partial charge in [0.05, 0.1) is 5.92 Å². The van der Waals surface area contributed by atoms with Crippen molar-refractivity contribution < 1.29 is 9.90 Å². The van der Waals surface area contributed by atoms with Crippen molar-refractivity contribution in [3.63, 3.8) is 0 Å². The standard InChI is InChI=1S/C10H11NO2/c1-6-2-3-7-4-8(10(12)13)5-9(7)11-6/h2-3,8H,4-5H2,1H3,(H,12,13). The SMILES string of the molecule is Cc1ccc2c(n1)CC(C(=O)O)C2. The van der Waals surface area contributed by atoms with Crippen LogP contribution in [0.15, 0.2) is 12.1 Å². The Hall–Kier alpha value is -1.38. The Labute approximate surface area is 76.4 Å². The molecule has 1 aliphatic rings. The molecular weight excluding hydrogens is 166 g/mol. The Bertz CT molecular complexity index is 360. The van der Waals surface area contributed by atoms with Gasteiger partial charge in [-0.05, 0) is 25.0 Å². The summed E-state index contributed by atoms with van der Waals surface area (Å²) in [4.78, 5) is 15.1. The first-order valence-electron chi connectivity index (χ1n) is 4.35. The lowest BCUT2D eigenvalue weighted by Crippen LogP contribution is -2.13. The van der Waals surface area contributed by atoms with Gasteiger partial charge < -0.3 is 5.11 Å². The van der Waals surface area contributed by atoms with Crippen molar-refractivity contribution >= 4 is 5.97 Å². The van der Waals surface area contributed by atoms with Crippen LogP contribution in [0.2, 0.25) is 0 Å². The molecule has 3 heteroatoms. The molecule has 0 radical (unpaired) electrons. The van der Waals surface area contributed by atoms with Gasteiger partial charge >= 0.3 is 5.97 Å². The highest BCUT2D eigenvalue weighted by molar-refractivity contribution is 5.72. The Kier molecular flexibility index (Phi) is 1.79. The van der Waals surface area contributed by atoms with Crippen LogP contribution < -0.4 is 0 Å². The van der Waals surface area contributed by atoms with E-state index in [0.717, 1.165) is 17.0 Å². The second kappa shape index (κ2) is 2.83. The number of carboxylic acids is 1. The third-order valence-corrected chi connectivity index (χ3v) is 2.46. The molecule has 1 aromatic heterocycles. The van der Waals surface area contributed by atoms with E-state index >= 15 is 0 Å². The summed E-state index contributed by atoms with van der Waals surface area (Å²) in [5.74, 6) is -0.972. The van der Waals surface area contributed by atoms with E-state index in [1.807, 2.05) is 19.1 Å². The fraction of sp³-hybridized carbons (Fsp3) is 0.400. The van der Waals surface area contributed by atoms with E-state index in [1.165, 1.54) is 0 Å². The van der Waals surface area contributed by atoms with E-state index in [1.54, 1.807) is 0 Å². The summed E-state index contributed by atoms with van der Waals surface area (Å²) in [6, 6.07) is 3.92. The number of fused-ring (bicyclic) bond motifs is 1. The fourth-order valence-corrected chi connectivity index (χ4v) is 1.75. The van der Waals surface area contributed by atoms with Crippen LogP contribution >= 0.6 is 0 Å². The maximum absolute atomic E-state index is 10.7. The van der Waals surface area contributed by atoms with Gasteiger partial charge in [-0.15, -0.1) is 0 Å². The maximum Gasteiger partial charge on any atom is 0.307 e. The number of pyridine rings is 1. The summed E-state index contributed by atoms with van der Waals surface area (Å²) in [6.45, 7) is 1.92. The summed E-state index contributed by atoms with van der Waals surface area (Å²) in [6.07, 6.45) is 1.23. The molecule has 0 saturated carbocycles. The average molecular weight is 177 g/mol. The van der Waals surface area contributed by atoms with Crippen molar-refractivity contribution in [2.75, 3.05) is 0 Å². The topological polar surface area (TPSA) is 50.2 Å². The minimum Gasteiger partial charge on any atom is -0.481 e. The lowest BCUT2D eigenvalue weighted by molar-refractivity contribution is -0.141. The highest BCUT2D eigenvalue weighted by Crippen LogP contribution is 2.25. The monoisotopic (exact) mass is 177 g/mol. The largest absolute Gasteiger partial charge is 0.481 e. The van der Waals surface area contributed by atoms with Crippen LogP contribution in [0.25, 0.3) is 0 Å². The van der Waals surface area contributed by atoms with Crippen molar-refractivity contribution in [1.29, 1.82) is 0 Å². The molecule has 1 unspecified atom stereocenters. The lowest BCUT2D eigenvalue weighted by Gasteiger charge is -1.98.